The van der Waals surface area contributed by atoms with Crippen LogP contribution >= 0.6 is 0 Å². The van der Waals surface area contributed by atoms with Gasteiger partial charge in [0.2, 0.25) is 0 Å². The minimum atomic E-state index is -0.912. The van der Waals surface area contributed by atoms with E-state index in [1.54, 1.807) is 6.92 Å². The quantitative estimate of drug-likeness (QED) is 0.796. The first-order valence-electron chi connectivity index (χ1n) is 5.70. The number of carbonyl (C=O) groups is 1. The molecule has 0 amide bonds. The van der Waals surface area contributed by atoms with Gasteiger partial charge in [0.25, 0.3) is 0 Å². The molecule has 1 aromatic rings. The monoisotopic (exact) mass is 237 g/mol. The lowest BCUT2D eigenvalue weighted by atomic mass is 10.1. The van der Waals surface area contributed by atoms with Crippen LogP contribution in [0.4, 0.5) is 5.69 Å². The molecule has 0 aromatic heterocycles. The highest BCUT2D eigenvalue weighted by Gasteiger charge is 2.24. The topological polar surface area (TPSA) is 58.6 Å². The molecule has 0 saturated heterocycles. The van der Waals surface area contributed by atoms with Crippen LogP contribution in [0.1, 0.15) is 19.4 Å². The van der Waals surface area contributed by atoms with Gasteiger partial charge in [-0.15, -0.1) is 0 Å². The number of aliphatic carboxylic acids is 1. The maximum absolute atomic E-state index is 11.2. The van der Waals surface area contributed by atoms with Crippen molar-refractivity contribution in [2.24, 2.45) is 0 Å². The highest BCUT2D eigenvalue weighted by molar-refractivity contribution is 5.78. The van der Waals surface area contributed by atoms with Gasteiger partial charge in [-0.25, -0.2) is 4.79 Å². The molecule has 1 aromatic carbocycles. The number of rotatable bonds is 6. The number of carboxylic acid groups (broad SMARTS) is 1. The molecule has 0 aliphatic carbocycles. The minimum Gasteiger partial charge on any atom is -0.480 e. The van der Waals surface area contributed by atoms with E-state index in [9.17, 15) is 4.79 Å². The van der Waals surface area contributed by atoms with Crippen LogP contribution in [0.5, 0.6) is 0 Å². The lowest BCUT2D eigenvalue weighted by Crippen LogP contribution is -2.40. The van der Waals surface area contributed by atoms with Gasteiger partial charge in [-0.05, 0) is 25.0 Å². The van der Waals surface area contributed by atoms with Gasteiger partial charge in [-0.2, -0.15) is 0 Å². The summed E-state index contributed by atoms with van der Waals surface area (Å²) in [5.41, 5.74) is 1.95. The number of anilines is 1. The Morgan fingerprint density at radius 2 is 2.12 bits per heavy atom. The summed E-state index contributed by atoms with van der Waals surface area (Å²) < 4.78 is 5.08. The normalized spacial score (nSPS) is 14.1. The fraction of sp³-hybridized carbons (Fsp3) is 0.462. The molecule has 2 atom stereocenters. The Morgan fingerprint density at radius 3 is 2.65 bits per heavy atom. The summed E-state index contributed by atoms with van der Waals surface area (Å²) in [6, 6.07) is 6.96. The summed E-state index contributed by atoms with van der Waals surface area (Å²) in [6.45, 7) is 3.77. The van der Waals surface area contributed by atoms with Crippen molar-refractivity contribution in [3.8, 4) is 0 Å². The number of carboxylic acids is 1. The van der Waals surface area contributed by atoms with Crippen molar-refractivity contribution in [2.75, 3.05) is 12.4 Å². The fourth-order valence-electron chi connectivity index (χ4n) is 1.65. The Morgan fingerprint density at radius 1 is 1.47 bits per heavy atom. The van der Waals surface area contributed by atoms with E-state index in [-0.39, 0.29) is 0 Å². The van der Waals surface area contributed by atoms with Crippen LogP contribution in [-0.2, 0) is 16.0 Å². The lowest BCUT2D eigenvalue weighted by Gasteiger charge is -2.22. The number of hydrogen-bond donors (Lipinski definition) is 2. The second kappa shape index (κ2) is 6.25. The van der Waals surface area contributed by atoms with E-state index in [4.69, 9.17) is 9.84 Å². The van der Waals surface area contributed by atoms with Crippen LogP contribution < -0.4 is 5.32 Å². The van der Waals surface area contributed by atoms with Gasteiger partial charge in [0, 0.05) is 12.8 Å². The number of ether oxygens (including phenoxy) is 1. The summed E-state index contributed by atoms with van der Waals surface area (Å²) in [4.78, 5) is 11.2. The van der Waals surface area contributed by atoms with Gasteiger partial charge < -0.3 is 15.2 Å². The van der Waals surface area contributed by atoms with E-state index in [0.717, 1.165) is 17.7 Å². The molecule has 0 bridgehead atoms. The molecule has 4 nitrogen and oxygen atoms in total. The van der Waals surface area contributed by atoms with Crippen LogP contribution in [0, 0.1) is 0 Å². The average molecular weight is 237 g/mol. The Bertz CT molecular complexity index is 379. The van der Waals surface area contributed by atoms with Crippen molar-refractivity contribution in [3.05, 3.63) is 29.8 Å². The van der Waals surface area contributed by atoms with Gasteiger partial charge in [0.1, 0.15) is 0 Å². The number of hydrogen-bond acceptors (Lipinski definition) is 3. The van der Waals surface area contributed by atoms with Gasteiger partial charge in [-0.3, -0.25) is 0 Å². The maximum atomic E-state index is 11.2. The molecule has 1 rings (SSSR count). The maximum Gasteiger partial charge on any atom is 0.328 e. The summed E-state index contributed by atoms with van der Waals surface area (Å²) >= 11 is 0. The molecule has 17 heavy (non-hydrogen) atoms. The number of nitrogens with one attached hydrogen (secondary N) is 1. The first kappa shape index (κ1) is 13.5. The van der Waals surface area contributed by atoms with Crippen LogP contribution in [-0.4, -0.2) is 30.3 Å². The predicted octanol–water partition coefficient (Wildman–Crippen LogP) is 2.15. The zero-order chi connectivity index (χ0) is 12.8. The smallest absolute Gasteiger partial charge is 0.328 e. The first-order chi connectivity index (χ1) is 8.10. The van der Waals surface area contributed by atoms with Crippen molar-refractivity contribution in [1.29, 1.82) is 0 Å². The van der Waals surface area contributed by atoms with Crippen molar-refractivity contribution < 1.29 is 14.6 Å². The third kappa shape index (κ3) is 3.46. The van der Waals surface area contributed by atoms with Crippen molar-refractivity contribution in [1.82, 2.24) is 0 Å². The molecule has 0 heterocycles. The largest absolute Gasteiger partial charge is 0.480 e. The highest BCUT2D eigenvalue weighted by Crippen LogP contribution is 2.18. The summed E-state index contributed by atoms with van der Waals surface area (Å²) in [6.07, 6.45) is 0.467. The third-order valence-electron chi connectivity index (χ3n) is 2.82. The van der Waals surface area contributed by atoms with Crippen molar-refractivity contribution >= 4 is 11.7 Å². The van der Waals surface area contributed by atoms with E-state index in [1.165, 1.54) is 7.11 Å². The zero-order valence-corrected chi connectivity index (χ0v) is 10.4. The van der Waals surface area contributed by atoms with Crippen molar-refractivity contribution in [3.63, 3.8) is 0 Å². The number of para-hydroxylation sites is 1. The molecule has 0 fully saturated rings. The first-order valence-corrected chi connectivity index (χ1v) is 5.70. The molecule has 0 radical (unpaired) electrons. The molecule has 2 N–H and O–H groups in total. The van der Waals surface area contributed by atoms with E-state index in [0.29, 0.717) is 0 Å². The molecule has 94 valence electrons. The average Bonchev–Trinajstić information content (AvgIpc) is 2.35. The molecule has 0 saturated carbocycles. The number of aryl methyl sites for hydroxylation is 1. The molecular weight excluding hydrogens is 218 g/mol. The second-order valence-electron chi connectivity index (χ2n) is 3.91. The number of methoxy groups -OCH3 is 1. The minimum absolute atomic E-state index is 0.391. The van der Waals surface area contributed by atoms with Gasteiger partial charge in [-0.1, -0.05) is 25.1 Å². The predicted molar refractivity (Wildman–Crippen MR) is 67.3 cm³/mol. The molecule has 0 aliphatic rings. The molecule has 0 aliphatic heterocycles. The third-order valence-corrected chi connectivity index (χ3v) is 2.82. The Balaban J connectivity index is 2.89. The molecule has 2 unspecified atom stereocenters. The number of benzene rings is 1. The standard InChI is InChI=1S/C13H19NO3/c1-4-10-7-5-6-8-11(10)14-12(13(15)16)9(2)17-3/h5-9,12,14H,4H2,1-3H3,(H,15,16). The molecule has 4 heteroatoms. The van der Waals surface area contributed by atoms with E-state index in [1.807, 2.05) is 31.2 Å². The Hall–Kier alpha value is -1.55. The van der Waals surface area contributed by atoms with Crippen LogP contribution in [0.25, 0.3) is 0 Å². The molecule has 0 spiro atoms. The Kier molecular flexibility index (Phi) is 4.97. The van der Waals surface area contributed by atoms with Gasteiger partial charge in [0.15, 0.2) is 6.04 Å². The Labute approximate surface area is 102 Å². The highest BCUT2D eigenvalue weighted by atomic mass is 16.5. The second-order valence-corrected chi connectivity index (χ2v) is 3.91. The van der Waals surface area contributed by atoms with E-state index in [2.05, 4.69) is 5.32 Å². The van der Waals surface area contributed by atoms with Crippen molar-refractivity contribution in [2.45, 2.75) is 32.4 Å². The van der Waals surface area contributed by atoms with E-state index >= 15 is 0 Å². The zero-order valence-electron chi connectivity index (χ0n) is 10.4. The summed E-state index contributed by atoms with van der Waals surface area (Å²) in [5, 5.41) is 12.2. The van der Waals surface area contributed by atoms with Crippen LogP contribution in [0.3, 0.4) is 0 Å². The van der Waals surface area contributed by atoms with E-state index < -0.39 is 18.1 Å². The van der Waals surface area contributed by atoms with Gasteiger partial charge in [0.05, 0.1) is 6.10 Å². The van der Waals surface area contributed by atoms with Gasteiger partial charge >= 0.3 is 5.97 Å². The summed E-state index contributed by atoms with van der Waals surface area (Å²) in [7, 11) is 1.51. The summed E-state index contributed by atoms with van der Waals surface area (Å²) in [5.74, 6) is -0.912. The molecular formula is C13H19NO3. The lowest BCUT2D eigenvalue weighted by molar-refractivity contribution is -0.140. The van der Waals surface area contributed by atoms with Crippen LogP contribution in [0.2, 0.25) is 0 Å². The SMILES string of the molecule is CCc1ccccc1NC(C(=O)O)C(C)OC. The van der Waals surface area contributed by atoms with Crippen LogP contribution in [0.15, 0.2) is 24.3 Å². The fourth-order valence-corrected chi connectivity index (χ4v) is 1.65.